The number of hydrogen-bond donors (Lipinski definition) is 0. The predicted molar refractivity (Wildman–Crippen MR) is 81.2 cm³/mol. The first-order chi connectivity index (χ1) is 12.4. The summed E-state index contributed by atoms with van der Waals surface area (Å²) in [4.78, 5) is 13.1. The second-order valence-electron chi connectivity index (χ2n) is 5.97. The summed E-state index contributed by atoms with van der Waals surface area (Å²) >= 11 is 0. The van der Waals surface area contributed by atoms with Gasteiger partial charge < -0.3 is 19.1 Å². The summed E-state index contributed by atoms with van der Waals surface area (Å²) in [5, 5.41) is 0. The summed E-state index contributed by atoms with van der Waals surface area (Å²) in [5.74, 6) is -0.753. The van der Waals surface area contributed by atoms with Gasteiger partial charge in [0.05, 0.1) is 21.3 Å². The summed E-state index contributed by atoms with van der Waals surface area (Å²) in [5.41, 5.74) is -4.12. The third-order valence-corrected chi connectivity index (χ3v) is 4.55. The number of ether oxygens (including phenoxy) is 3. The SMILES string of the molecule is COc1cc(C(=O)N2CCC(C(F)(F)F)(C(F)(F)F)C2)cc(OC)c1OC. The highest BCUT2D eigenvalue weighted by Gasteiger charge is 2.72. The Kier molecular flexibility index (Phi) is 5.44. The molecule has 0 bridgehead atoms. The van der Waals surface area contributed by atoms with Crippen LogP contribution in [-0.4, -0.2) is 57.6 Å². The minimum atomic E-state index is -5.53. The first kappa shape index (κ1) is 21.0. The molecule has 0 N–H and O–H groups in total. The molecule has 1 aliphatic heterocycles. The zero-order valence-electron chi connectivity index (χ0n) is 14.6. The van der Waals surface area contributed by atoms with Crippen molar-refractivity contribution in [3.63, 3.8) is 0 Å². The Bertz CT molecular complexity index is 677. The number of carbonyl (C=O) groups is 1. The van der Waals surface area contributed by atoms with Gasteiger partial charge in [0.25, 0.3) is 5.91 Å². The van der Waals surface area contributed by atoms with Crippen LogP contribution in [0.15, 0.2) is 12.1 Å². The predicted octanol–water partition coefficient (Wildman–Crippen LogP) is 3.67. The van der Waals surface area contributed by atoms with Crippen LogP contribution in [0.2, 0.25) is 0 Å². The highest BCUT2D eigenvalue weighted by molar-refractivity contribution is 5.96. The molecule has 1 aliphatic rings. The van der Waals surface area contributed by atoms with Gasteiger partial charge in [-0.25, -0.2) is 0 Å². The number of methoxy groups -OCH3 is 3. The Hall–Kier alpha value is -2.33. The molecule has 1 fully saturated rings. The standard InChI is InChI=1S/C16H17F6NO4/c1-25-10-6-9(7-11(26-2)12(10)27-3)13(24)23-5-4-14(8-23,15(17,18)19)16(20,21)22/h6-7H,4-5,8H2,1-3H3. The second kappa shape index (κ2) is 7.01. The molecule has 2 rings (SSSR count). The average molecular weight is 401 g/mol. The summed E-state index contributed by atoms with van der Waals surface area (Å²) in [6.07, 6.45) is -12.3. The fourth-order valence-electron chi connectivity index (χ4n) is 2.99. The molecule has 0 aliphatic carbocycles. The normalized spacial score (nSPS) is 17.0. The van der Waals surface area contributed by atoms with Crippen LogP contribution >= 0.6 is 0 Å². The van der Waals surface area contributed by atoms with Crippen molar-refractivity contribution in [2.24, 2.45) is 5.41 Å². The first-order valence-electron chi connectivity index (χ1n) is 7.64. The van der Waals surface area contributed by atoms with E-state index in [4.69, 9.17) is 14.2 Å². The van der Waals surface area contributed by atoms with Gasteiger partial charge in [0.15, 0.2) is 16.9 Å². The van der Waals surface area contributed by atoms with Crippen molar-refractivity contribution in [1.82, 2.24) is 4.90 Å². The quantitative estimate of drug-likeness (QED) is 0.723. The molecule has 0 atom stereocenters. The van der Waals surface area contributed by atoms with Crippen LogP contribution in [0, 0.1) is 5.41 Å². The van der Waals surface area contributed by atoms with E-state index in [1.807, 2.05) is 0 Å². The number of carbonyl (C=O) groups excluding carboxylic acids is 1. The zero-order chi connectivity index (χ0) is 20.6. The lowest BCUT2D eigenvalue weighted by Gasteiger charge is -2.33. The lowest BCUT2D eigenvalue weighted by molar-refractivity contribution is -0.334. The topological polar surface area (TPSA) is 48.0 Å². The van der Waals surface area contributed by atoms with E-state index in [1.54, 1.807) is 0 Å². The van der Waals surface area contributed by atoms with Crippen molar-refractivity contribution in [2.45, 2.75) is 18.8 Å². The maximum Gasteiger partial charge on any atom is 0.404 e. The molecule has 5 nitrogen and oxygen atoms in total. The number of rotatable bonds is 4. The van der Waals surface area contributed by atoms with Gasteiger partial charge >= 0.3 is 12.4 Å². The van der Waals surface area contributed by atoms with Crippen molar-refractivity contribution in [2.75, 3.05) is 34.4 Å². The van der Waals surface area contributed by atoms with E-state index in [1.165, 1.54) is 33.5 Å². The molecule has 0 spiro atoms. The lowest BCUT2D eigenvalue weighted by atomic mass is 9.85. The number of nitrogens with zero attached hydrogens (tertiary/aromatic N) is 1. The summed E-state index contributed by atoms with van der Waals surface area (Å²) in [6.45, 7) is -2.19. The summed E-state index contributed by atoms with van der Waals surface area (Å²) in [6, 6.07) is 2.34. The molecule has 0 unspecified atom stereocenters. The van der Waals surface area contributed by atoms with Crippen molar-refractivity contribution in [3.8, 4) is 17.2 Å². The fourth-order valence-corrected chi connectivity index (χ4v) is 2.99. The van der Waals surface area contributed by atoms with Gasteiger partial charge in [-0.1, -0.05) is 0 Å². The largest absolute Gasteiger partial charge is 0.493 e. The number of halogens is 6. The van der Waals surface area contributed by atoms with Gasteiger partial charge in [0.1, 0.15) is 0 Å². The third kappa shape index (κ3) is 3.46. The minimum absolute atomic E-state index is 0.0531. The Morgan fingerprint density at radius 3 is 1.78 bits per heavy atom. The second-order valence-corrected chi connectivity index (χ2v) is 5.97. The molecule has 0 radical (unpaired) electrons. The van der Waals surface area contributed by atoms with Crippen molar-refractivity contribution >= 4 is 5.91 Å². The van der Waals surface area contributed by atoms with E-state index in [9.17, 15) is 31.1 Å². The number of alkyl halides is 6. The zero-order valence-corrected chi connectivity index (χ0v) is 14.6. The molecule has 0 aromatic heterocycles. The molecule has 1 aromatic rings. The minimum Gasteiger partial charge on any atom is -0.493 e. The van der Waals surface area contributed by atoms with Crippen LogP contribution in [0.5, 0.6) is 17.2 Å². The molecule has 0 saturated carbocycles. The highest BCUT2D eigenvalue weighted by atomic mass is 19.4. The summed E-state index contributed by atoms with van der Waals surface area (Å²) in [7, 11) is 3.84. The Labute approximate surface area is 150 Å². The monoisotopic (exact) mass is 401 g/mol. The van der Waals surface area contributed by atoms with Gasteiger partial charge in [-0.3, -0.25) is 4.79 Å². The number of benzene rings is 1. The average Bonchev–Trinajstić information content (AvgIpc) is 3.06. The highest BCUT2D eigenvalue weighted by Crippen LogP contribution is 2.55. The third-order valence-electron chi connectivity index (χ3n) is 4.55. The van der Waals surface area contributed by atoms with Crippen LogP contribution < -0.4 is 14.2 Å². The molecule has 1 amide bonds. The summed E-state index contributed by atoms with van der Waals surface area (Å²) < 4.78 is 94.2. The molecular weight excluding hydrogens is 384 g/mol. The van der Waals surface area contributed by atoms with Gasteiger partial charge in [-0.05, 0) is 18.6 Å². The molecule has 27 heavy (non-hydrogen) atoms. The lowest BCUT2D eigenvalue weighted by Crippen LogP contribution is -2.52. The van der Waals surface area contributed by atoms with Gasteiger partial charge in [-0.15, -0.1) is 0 Å². The van der Waals surface area contributed by atoms with Crippen molar-refractivity contribution in [1.29, 1.82) is 0 Å². The first-order valence-corrected chi connectivity index (χ1v) is 7.64. The maximum atomic E-state index is 13.2. The molecule has 1 aromatic carbocycles. The Morgan fingerprint density at radius 2 is 1.44 bits per heavy atom. The van der Waals surface area contributed by atoms with Crippen molar-refractivity contribution < 1.29 is 45.3 Å². The molecular formula is C16H17F6NO4. The van der Waals surface area contributed by atoms with Gasteiger partial charge in [-0.2, -0.15) is 26.3 Å². The van der Waals surface area contributed by atoms with E-state index in [-0.39, 0.29) is 22.8 Å². The molecule has 11 heteroatoms. The van der Waals surface area contributed by atoms with E-state index in [0.29, 0.717) is 4.90 Å². The van der Waals surface area contributed by atoms with E-state index < -0.39 is 43.2 Å². The number of hydrogen-bond acceptors (Lipinski definition) is 4. The van der Waals surface area contributed by atoms with Crippen LogP contribution in [-0.2, 0) is 0 Å². The number of likely N-dealkylation sites (tertiary alicyclic amines) is 1. The molecule has 1 heterocycles. The van der Waals surface area contributed by atoms with E-state index >= 15 is 0 Å². The van der Waals surface area contributed by atoms with E-state index in [0.717, 1.165) is 0 Å². The Morgan fingerprint density at radius 1 is 0.963 bits per heavy atom. The number of amides is 1. The van der Waals surface area contributed by atoms with Crippen LogP contribution in [0.4, 0.5) is 26.3 Å². The fraction of sp³-hybridized carbons (Fsp3) is 0.562. The van der Waals surface area contributed by atoms with Crippen LogP contribution in [0.25, 0.3) is 0 Å². The van der Waals surface area contributed by atoms with Gasteiger partial charge in [0.2, 0.25) is 5.75 Å². The Balaban J connectivity index is 2.40. The van der Waals surface area contributed by atoms with Crippen LogP contribution in [0.3, 0.4) is 0 Å². The molecule has 1 saturated heterocycles. The smallest absolute Gasteiger partial charge is 0.404 e. The van der Waals surface area contributed by atoms with Crippen LogP contribution in [0.1, 0.15) is 16.8 Å². The van der Waals surface area contributed by atoms with Crippen molar-refractivity contribution in [3.05, 3.63) is 17.7 Å². The molecule has 152 valence electrons. The van der Waals surface area contributed by atoms with Gasteiger partial charge in [0, 0.05) is 18.7 Å². The van der Waals surface area contributed by atoms with E-state index in [2.05, 4.69) is 0 Å². The maximum absolute atomic E-state index is 13.2.